The monoisotopic (exact) mass is 332 g/mol. The van der Waals surface area contributed by atoms with Crippen LogP contribution in [0.3, 0.4) is 0 Å². The van der Waals surface area contributed by atoms with Crippen LogP contribution in [0.1, 0.15) is 29.9 Å². The van der Waals surface area contributed by atoms with Crippen LogP contribution < -0.4 is 4.72 Å². The zero-order valence-electron chi connectivity index (χ0n) is 12.8. The Hall–Kier alpha value is -1.76. The molecule has 2 heterocycles. The molecular weight excluding hydrogens is 312 g/mol. The summed E-state index contributed by atoms with van der Waals surface area (Å²) in [5, 5.41) is 0. The van der Waals surface area contributed by atoms with E-state index in [-0.39, 0.29) is 6.54 Å². The molecule has 1 aromatic heterocycles. The molecule has 1 aliphatic rings. The summed E-state index contributed by atoms with van der Waals surface area (Å²) in [5.41, 5.74) is 2.06. The van der Waals surface area contributed by atoms with Gasteiger partial charge in [0.2, 0.25) is 10.0 Å². The van der Waals surface area contributed by atoms with Gasteiger partial charge in [0.25, 0.3) is 0 Å². The van der Waals surface area contributed by atoms with E-state index in [1.807, 2.05) is 12.1 Å². The van der Waals surface area contributed by atoms with Crippen LogP contribution in [-0.4, -0.2) is 26.6 Å². The molecule has 1 saturated heterocycles. The summed E-state index contributed by atoms with van der Waals surface area (Å²) in [6.45, 7) is 1.81. The van der Waals surface area contributed by atoms with E-state index in [0.29, 0.717) is 10.8 Å². The summed E-state index contributed by atoms with van der Waals surface area (Å²) in [5.74, 6) is 0.463. The van der Waals surface area contributed by atoms with Gasteiger partial charge < -0.3 is 4.74 Å². The lowest BCUT2D eigenvalue weighted by atomic mass is 9.92. The number of aromatic nitrogens is 1. The first-order valence-electron chi connectivity index (χ1n) is 7.71. The minimum absolute atomic E-state index is 0.257. The summed E-state index contributed by atoms with van der Waals surface area (Å²) < 4.78 is 32.7. The molecule has 0 atom stereocenters. The first-order chi connectivity index (χ1) is 11.1. The van der Waals surface area contributed by atoms with Gasteiger partial charge in [-0.3, -0.25) is 4.98 Å². The highest BCUT2D eigenvalue weighted by Gasteiger charge is 2.18. The summed E-state index contributed by atoms with van der Waals surface area (Å²) >= 11 is 0. The van der Waals surface area contributed by atoms with Crippen molar-refractivity contribution in [1.82, 2.24) is 9.71 Å². The average molecular weight is 332 g/mol. The lowest BCUT2D eigenvalue weighted by Crippen LogP contribution is -2.23. The summed E-state index contributed by atoms with van der Waals surface area (Å²) in [4.78, 5) is 4.21. The van der Waals surface area contributed by atoms with Crippen LogP contribution in [0.15, 0.2) is 53.7 Å². The molecule has 1 fully saturated rings. The van der Waals surface area contributed by atoms with Crippen molar-refractivity contribution in [2.75, 3.05) is 13.2 Å². The second-order valence-corrected chi connectivity index (χ2v) is 7.40. The Labute approximate surface area is 136 Å². The largest absolute Gasteiger partial charge is 0.381 e. The standard InChI is InChI=1S/C17H20N2O3S/c20-23(21,19-13-14-5-9-18-10-6-14)17-3-1-15(2-4-17)16-7-11-22-12-8-16/h1-6,9-10,16,19H,7-8,11-13H2. The maximum absolute atomic E-state index is 12.3. The van der Waals surface area contributed by atoms with Crippen molar-refractivity contribution in [3.8, 4) is 0 Å². The number of nitrogens with zero attached hydrogens (tertiary/aromatic N) is 1. The highest BCUT2D eigenvalue weighted by molar-refractivity contribution is 7.89. The van der Waals surface area contributed by atoms with E-state index in [0.717, 1.165) is 31.6 Å². The van der Waals surface area contributed by atoms with Crippen LogP contribution >= 0.6 is 0 Å². The maximum atomic E-state index is 12.3. The molecule has 1 N–H and O–H groups in total. The van der Waals surface area contributed by atoms with Gasteiger partial charge in [0.1, 0.15) is 0 Å². The Bertz CT molecular complexity index is 724. The van der Waals surface area contributed by atoms with Crippen LogP contribution in [0.5, 0.6) is 0 Å². The third kappa shape index (κ3) is 4.16. The van der Waals surface area contributed by atoms with Crippen molar-refractivity contribution in [3.05, 3.63) is 59.9 Å². The van der Waals surface area contributed by atoms with Crippen LogP contribution in [0.25, 0.3) is 0 Å². The molecule has 3 rings (SSSR count). The lowest BCUT2D eigenvalue weighted by molar-refractivity contribution is 0.0853. The van der Waals surface area contributed by atoms with Gasteiger partial charge in [-0.25, -0.2) is 13.1 Å². The van der Waals surface area contributed by atoms with E-state index in [1.54, 1.807) is 36.7 Å². The zero-order chi connectivity index (χ0) is 16.1. The van der Waals surface area contributed by atoms with Gasteiger partial charge in [-0.2, -0.15) is 0 Å². The highest BCUT2D eigenvalue weighted by atomic mass is 32.2. The summed E-state index contributed by atoms with van der Waals surface area (Å²) in [6.07, 6.45) is 5.28. The first kappa shape index (κ1) is 16.1. The molecule has 0 amide bonds. The molecule has 0 radical (unpaired) electrons. The summed E-state index contributed by atoms with van der Waals surface area (Å²) in [6, 6.07) is 10.8. The lowest BCUT2D eigenvalue weighted by Gasteiger charge is -2.22. The SMILES string of the molecule is O=S(=O)(NCc1ccncc1)c1ccc(C2CCOCC2)cc1. The molecule has 0 spiro atoms. The van der Waals surface area contributed by atoms with Crippen molar-refractivity contribution in [1.29, 1.82) is 0 Å². The molecule has 1 aromatic carbocycles. The Morgan fingerprint density at radius 3 is 2.35 bits per heavy atom. The van der Waals surface area contributed by atoms with Crippen molar-refractivity contribution in [2.45, 2.75) is 30.2 Å². The number of rotatable bonds is 5. The molecule has 0 bridgehead atoms. The Morgan fingerprint density at radius 1 is 1.04 bits per heavy atom. The number of sulfonamides is 1. The molecule has 23 heavy (non-hydrogen) atoms. The van der Waals surface area contributed by atoms with Crippen LogP contribution in [0, 0.1) is 0 Å². The summed E-state index contributed by atoms with van der Waals surface area (Å²) in [7, 11) is -3.50. The number of pyridine rings is 1. The van der Waals surface area contributed by atoms with Crippen LogP contribution in [-0.2, 0) is 21.3 Å². The molecule has 0 unspecified atom stereocenters. The predicted octanol–water partition coefficient (Wildman–Crippen LogP) is 2.45. The van der Waals surface area contributed by atoms with Crippen molar-refractivity contribution in [2.24, 2.45) is 0 Å². The van der Waals surface area contributed by atoms with Gasteiger partial charge >= 0.3 is 0 Å². The van der Waals surface area contributed by atoms with E-state index in [9.17, 15) is 8.42 Å². The molecule has 0 aliphatic carbocycles. The van der Waals surface area contributed by atoms with E-state index >= 15 is 0 Å². The average Bonchev–Trinajstić information content (AvgIpc) is 2.62. The quantitative estimate of drug-likeness (QED) is 0.913. The van der Waals surface area contributed by atoms with Crippen molar-refractivity contribution < 1.29 is 13.2 Å². The molecule has 122 valence electrons. The molecule has 6 heteroatoms. The van der Waals surface area contributed by atoms with E-state index in [1.165, 1.54) is 5.56 Å². The normalized spacial score (nSPS) is 16.3. The minimum atomic E-state index is -3.50. The smallest absolute Gasteiger partial charge is 0.240 e. The van der Waals surface area contributed by atoms with Crippen molar-refractivity contribution >= 4 is 10.0 Å². The van der Waals surface area contributed by atoms with Crippen LogP contribution in [0.4, 0.5) is 0 Å². The topological polar surface area (TPSA) is 68.3 Å². The number of hydrogen-bond acceptors (Lipinski definition) is 4. The Morgan fingerprint density at radius 2 is 1.70 bits per heavy atom. The van der Waals surface area contributed by atoms with Gasteiger partial charge in [0, 0.05) is 32.2 Å². The fourth-order valence-corrected chi connectivity index (χ4v) is 3.73. The molecule has 5 nitrogen and oxygen atoms in total. The molecular formula is C17H20N2O3S. The van der Waals surface area contributed by atoms with E-state index < -0.39 is 10.0 Å². The van der Waals surface area contributed by atoms with Gasteiger partial charge in [0.05, 0.1) is 4.90 Å². The molecule has 0 saturated carbocycles. The van der Waals surface area contributed by atoms with E-state index in [2.05, 4.69) is 9.71 Å². The predicted molar refractivity (Wildman–Crippen MR) is 87.5 cm³/mol. The third-order valence-electron chi connectivity index (χ3n) is 4.10. The van der Waals surface area contributed by atoms with Gasteiger partial charge in [0.15, 0.2) is 0 Å². The first-order valence-corrected chi connectivity index (χ1v) is 9.20. The van der Waals surface area contributed by atoms with Gasteiger partial charge in [-0.05, 0) is 54.2 Å². The van der Waals surface area contributed by atoms with Crippen molar-refractivity contribution in [3.63, 3.8) is 0 Å². The maximum Gasteiger partial charge on any atom is 0.240 e. The fourth-order valence-electron chi connectivity index (χ4n) is 2.71. The number of nitrogens with one attached hydrogen (secondary N) is 1. The Balaban J connectivity index is 1.67. The molecule has 2 aromatic rings. The second kappa shape index (κ2) is 7.21. The Kier molecular flexibility index (Phi) is 5.05. The van der Waals surface area contributed by atoms with Gasteiger partial charge in [-0.15, -0.1) is 0 Å². The van der Waals surface area contributed by atoms with Gasteiger partial charge in [-0.1, -0.05) is 12.1 Å². The minimum Gasteiger partial charge on any atom is -0.381 e. The van der Waals surface area contributed by atoms with E-state index in [4.69, 9.17) is 4.74 Å². The molecule has 1 aliphatic heterocycles. The fraction of sp³-hybridized carbons (Fsp3) is 0.353. The third-order valence-corrected chi connectivity index (χ3v) is 5.52. The van der Waals surface area contributed by atoms with Crippen LogP contribution in [0.2, 0.25) is 0 Å². The number of benzene rings is 1. The second-order valence-electron chi connectivity index (χ2n) is 5.64. The number of ether oxygens (including phenoxy) is 1. The highest BCUT2D eigenvalue weighted by Crippen LogP contribution is 2.27. The number of hydrogen-bond donors (Lipinski definition) is 1. The zero-order valence-corrected chi connectivity index (χ0v) is 13.6.